The van der Waals surface area contributed by atoms with E-state index in [4.69, 9.17) is 4.74 Å². The molecule has 270 valence electrons. The van der Waals surface area contributed by atoms with Crippen LogP contribution in [-0.4, -0.2) is 105 Å². The zero-order chi connectivity index (χ0) is 35.7. The van der Waals surface area contributed by atoms with Gasteiger partial charge in [0.15, 0.2) is 0 Å². The van der Waals surface area contributed by atoms with Gasteiger partial charge in [-0.2, -0.15) is 0 Å². The molecule has 0 atom stereocenters. The van der Waals surface area contributed by atoms with Crippen molar-refractivity contribution < 1.29 is 32.3 Å². The van der Waals surface area contributed by atoms with Gasteiger partial charge in [0.1, 0.15) is 15.6 Å². The minimum Gasteiger partial charge on any atom is -0.469 e. The molecule has 0 aromatic carbocycles. The van der Waals surface area contributed by atoms with E-state index in [1.165, 1.54) is 39.0 Å². The summed E-state index contributed by atoms with van der Waals surface area (Å²) in [4.78, 5) is 33.1. The Kier molecular flexibility index (Phi) is 60.3. The number of nitrogens with one attached hydrogen (secondary N) is 2. The van der Waals surface area contributed by atoms with Crippen molar-refractivity contribution in [3.05, 3.63) is 0 Å². The van der Waals surface area contributed by atoms with E-state index in [1.54, 1.807) is 14.2 Å². The Balaban J connectivity index is -0.0000000992. The number of hydrogen-bond donors (Lipinski definition) is 2. The number of hydrogen-bond acceptors (Lipinski definition) is 9. The van der Waals surface area contributed by atoms with Crippen LogP contribution < -0.4 is 10.6 Å². The van der Waals surface area contributed by atoms with Gasteiger partial charge in [0.05, 0.1) is 13.5 Å². The molecule has 0 aliphatic carbocycles. The van der Waals surface area contributed by atoms with E-state index in [1.807, 2.05) is 46.8 Å². The largest absolute Gasteiger partial charge is 0.469 e. The molecule has 0 unspecified atom stereocenters. The molecule has 0 radical (unpaired) electrons. The highest BCUT2D eigenvalue weighted by molar-refractivity contribution is 7.90. The third kappa shape index (κ3) is 83.5. The van der Waals surface area contributed by atoms with E-state index < -0.39 is 9.84 Å². The third-order valence-corrected chi connectivity index (χ3v) is 6.30. The van der Waals surface area contributed by atoms with E-state index in [0.717, 1.165) is 58.2 Å². The number of esters is 1. The molecule has 0 spiro atoms. The summed E-state index contributed by atoms with van der Waals surface area (Å²) in [5.74, 6) is 0.703. The van der Waals surface area contributed by atoms with Gasteiger partial charge in [-0.1, -0.05) is 67.2 Å². The zero-order valence-corrected chi connectivity index (χ0v) is 32.1. The first-order valence-electron chi connectivity index (χ1n) is 16.4. The first kappa shape index (κ1) is 54.9. The number of ketones is 1. The van der Waals surface area contributed by atoms with Crippen molar-refractivity contribution in [2.45, 2.75) is 125 Å². The topological polar surface area (TPSA) is 131 Å². The highest BCUT2D eigenvalue weighted by Gasteiger charge is 1.99. The zero-order valence-electron chi connectivity index (χ0n) is 31.2. The molecule has 0 saturated heterocycles. The number of ether oxygens (including phenoxy) is 2. The van der Waals surface area contributed by atoms with Gasteiger partial charge >= 0.3 is 5.97 Å². The van der Waals surface area contributed by atoms with Gasteiger partial charge in [-0.25, -0.2) is 8.42 Å². The van der Waals surface area contributed by atoms with Crippen molar-refractivity contribution >= 4 is 27.5 Å². The van der Waals surface area contributed by atoms with Crippen LogP contribution in [0.2, 0.25) is 0 Å². The Morgan fingerprint density at radius 3 is 1.48 bits per heavy atom. The molecule has 0 rings (SSSR count). The molecule has 0 aliphatic heterocycles. The van der Waals surface area contributed by atoms with Crippen molar-refractivity contribution in [2.24, 2.45) is 0 Å². The van der Waals surface area contributed by atoms with Gasteiger partial charge in [0.25, 0.3) is 0 Å². The van der Waals surface area contributed by atoms with Crippen LogP contribution in [0, 0.1) is 0 Å². The summed E-state index contributed by atoms with van der Waals surface area (Å²) < 4.78 is 30.2. The lowest BCUT2D eigenvalue weighted by Gasteiger charge is -2.06. The summed E-state index contributed by atoms with van der Waals surface area (Å²) in [6.07, 6.45) is 13.7. The van der Waals surface area contributed by atoms with Gasteiger partial charge in [-0.15, -0.1) is 0 Å². The first-order chi connectivity index (χ1) is 20.7. The van der Waals surface area contributed by atoms with Crippen LogP contribution >= 0.6 is 0 Å². The van der Waals surface area contributed by atoms with Crippen molar-refractivity contribution in [3.63, 3.8) is 0 Å². The predicted octanol–water partition coefficient (Wildman–Crippen LogP) is 6.07. The smallest absolute Gasteiger partial charge is 0.306 e. The van der Waals surface area contributed by atoms with E-state index in [9.17, 15) is 22.8 Å². The maximum atomic E-state index is 10.5. The summed E-state index contributed by atoms with van der Waals surface area (Å²) in [5, 5.41) is 5.60. The fourth-order valence-electron chi connectivity index (χ4n) is 2.48. The molecule has 2 N–H and O–H groups in total. The van der Waals surface area contributed by atoms with E-state index >= 15 is 0 Å². The van der Waals surface area contributed by atoms with E-state index in [0.29, 0.717) is 30.8 Å². The van der Waals surface area contributed by atoms with Gasteiger partial charge in [-0.05, 0) is 59.8 Å². The monoisotopic (exact) mass is 658 g/mol. The molecule has 0 heterocycles. The summed E-state index contributed by atoms with van der Waals surface area (Å²) in [5.41, 5.74) is 0. The molecule has 0 fully saturated rings. The normalized spacial score (nSPS) is 9.59. The molecule has 10 nitrogen and oxygen atoms in total. The second-order valence-corrected chi connectivity index (χ2v) is 12.6. The lowest BCUT2D eigenvalue weighted by atomic mass is 10.2. The maximum Gasteiger partial charge on any atom is 0.306 e. The number of methoxy groups -OCH3 is 2. The SMILES string of the molecule is CCCC(=O)CC.CCCC(=O)NC.CCCCCS(C)(=O)=O.CCCCNC.CCCCOC.COC(=O)CCN(C)C. The highest BCUT2D eigenvalue weighted by Crippen LogP contribution is 1.96. The average molecular weight is 658 g/mol. The molecular formula is C33H75N3O7S. The van der Waals surface area contributed by atoms with Crippen molar-refractivity contribution in [2.75, 3.05) is 74.1 Å². The minimum atomic E-state index is -2.70. The number of amides is 1. The third-order valence-electron chi connectivity index (χ3n) is 5.27. The second-order valence-electron chi connectivity index (χ2n) is 10.3. The van der Waals surface area contributed by atoms with Crippen molar-refractivity contribution in [3.8, 4) is 0 Å². The maximum absolute atomic E-state index is 10.5. The quantitative estimate of drug-likeness (QED) is 0.133. The number of sulfone groups is 1. The van der Waals surface area contributed by atoms with Crippen LogP contribution in [0.4, 0.5) is 0 Å². The fourth-order valence-corrected chi connectivity index (χ4v) is 3.21. The van der Waals surface area contributed by atoms with Crippen LogP contribution in [0.15, 0.2) is 0 Å². The van der Waals surface area contributed by atoms with Crippen LogP contribution in [-0.2, 0) is 33.7 Å². The number of carbonyl (C=O) groups is 3. The molecule has 0 aliphatic rings. The Morgan fingerprint density at radius 1 is 0.727 bits per heavy atom. The van der Waals surface area contributed by atoms with Gasteiger partial charge in [0.2, 0.25) is 5.91 Å². The fraction of sp³-hybridized carbons (Fsp3) is 0.909. The van der Waals surface area contributed by atoms with Gasteiger partial charge in [-0.3, -0.25) is 14.4 Å². The summed E-state index contributed by atoms with van der Waals surface area (Å²) in [6, 6.07) is 0. The highest BCUT2D eigenvalue weighted by atomic mass is 32.2. The molecule has 0 aromatic heterocycles. The number of carbonyl (C=O) groups excluding carboxylic acids is 3. The molecule has 1 amide bonds. The van der Waals surface area contributed by atoms with Gasteiger partial charge in [0, 0.05) is 58.6 Å². The second kappa shape index (κ2) is 48.3. The van der Waals surface area contributed by atoms with Crippen LogP contribution in [0.5, 0.6) is 0 Å². The summed E-state index contributed by atoms with van der Waals surface area (Å²) in [6.45, 7) is 15.1. The van der Waals surface area contributed by atoms with Crippen molar-refractivity contribution in [1.29, 1.82) is 0 Å². The molecule has 0 bridgehead atoms. The summed E-state index contributed by atoms with van der Waals surface area (Å²) in [7, 11) is 7.91. The lowest BCUT2D eigenvalue weighted by molar-refractivity contribution is -0.140. The first-order valence-corrected chi connectivity index (χ1v) is 18.5. The molecule has 11 heteroatoms. The molecular weight excluding hydrogens is 582 g/mol. The van der Waals surface area contributed by atoms with Crippen LogP contribution in [0.3, 0.4) is 0 Å². The molecule has 44 heavy (non-hydrogen) atoms. The number of unbranched alkanes of at least 4 members (excludes halogenated alkanes) is 4. The van der Waals surface area contributed by atoms with Crippen LogP contribution in [0.1, 0.15) is 125 Å². The van der Waals surface area contributed by atoms with Crippen molar-refractivity contribution in [1.82, 2.24) is 15.5 Å². The number of Topliss-reactive ketones (excluding diaryl/α,β-unsaturated/α-hetero) is 1. The Labute approximate surface area is 274 Å². The lowest BCUT2D eigenvalue weighted by Crippen LogP contribution is -2.17. The standard InChI is InChI=1S/C6H13NO2.C6H14O2S.C6H12O.C5H11NO.C5H13N.C5H12O/c1-7(2)5-4-6(8)9-3;1-3-4-5-6-9(2,7)8;1-3-5-6(7)4-2;1-3-4-5(7)6-2;2*1-3-4-5-6-2/h4-5H2,1-3H3;3-6H2,1-2H3;3-5H2,1-2H3;3-4H2,1-2H3,(H,6,7);6H,3-5H2,1-2H3;3-5H2,1-2H3. The van der Waals surface area contributed by atoms with Crippen LogP contribution in [0.25, 0.3) is 0 Å². The average Bonchev–Trinajstić information content (AvgIpc) is 2.99. The Morgan fingerprint density at radius 2 is 1.25 bits per heavy atom. The number of rotatable bonds is 18. The predicted molar refractivity (Wildman–Crippen MR) is 189 cm³/mol. The Hall–Kier alpha value is -1.56. The summed E-state index contributed by atoms with van der Waals surface area (Å²) >= 11 is 0. The molecule has 0 saturated carbocycles. The number of nitrogens with zero attached hydrogens (tertiary/aromatic N) is 1. The minimum absolute atomic E-state index is 0.127. The Bertz CT molecular complexity index is 640. The van der Waals surface area contributed by atoms with E-state index in [2.05, 4.69) is 36.1 Å². The molecule has 0 aromatic rings. The van der Waals surface area contributed by atoms with Gasteiger partial charge < -0.3 is 25.0 Å². The van der Waals surface area contributed by atoms with E-state index in [-0.39, 0.29) is 11.9 Å².